The van der Waals surface area contributed by atoms with Crippen molar-refractivity contribution in [2.75, 3.05) is 0 Å². The molecule has 0 spiro atoms. The Morgan fingerprint density at radius 1 is 1.12 bits per heavy atom. The van der Waals surface area contributed by atoms with Gasteiger partial charge in [0.15, 0.2) is 5.70 Å². The van der Waals surface area contributed by atoms with Gasteiger partial charge in [0, 0.05) is 16.7 Å². The van der Waals surface area contributed by atoms with E-state index in [-0.39, 0.29) is 22.3 Å². The Hall–Kier alpha value is -2.70. The molecule has 120 valence electrons. The lowest BCUT2D eigenvalue weighted by molar-refractivity contribution is -0.384. The minimum absolute atomic E-state index is 0.00870. The Morgan fingerprint density at radius 3 is 2.50 bits per heavy atom. The number of nitro benzene ring substituents is 1. The molecule has 0 radical (unpaired) electrons. The van der Waals surface area contributed by atoms with Crippen LogP contribution in [0.3, 0.4) is 0 Å². The molecule has 0 aliphatic carbocycles. The Bertz CT molecular complexity index is 905. The zero-order valence-corrected chi connectivity index (χ0v) is 13.4. The zero-order chi connectivity index (χ0) is 17.3. The van der Waals surface area contributed by atoms with Crippen LogP contribution in [-0.4, -0.2) is 16.8 Å². The van der Waals surface area contributed by atoms with Gasteiger partial charge in [-0.1, -0.05) is 35.3 Å². The summed E-state index contributed by atoms with van der Waals surface area (Å²) in [6.07, 6.45) is 1.54. The molecular formula is C16H8Cl2N2O4. The minimum Gasteiger partial charge on any atom is -0.402 e. The molecule has 0 amide bonds. The first-order valence-corrected chi connectivity index (χ1v) is 7.42. The standard InChI is InChI=1S/C16H8Cl2N2O4/c17-11-4-1-9(2-5-11)7-13-16(21)24-15(19-13)10-3-6-12(18)14(8-10)20(22)23/h1-8H/b13-7+. The summed E-state index contributed by atoms with van der Waals surface area (Å²) in [6, 6.07) is 10.9. The van der Waals surface area contributed by atoms with Gasteiger partial charge in [0.2, 0.25) is 5.90 Å². The highest BCUT2D eigenvalue weighted by atomic mass is 35.5. The van der Waals surface area contributed by atoms with Crippen LogP contribution in [0, 0.1) is 10.1 Å². The van der Waals surface area contributed by atoms with Gasteiger partial charge in [-0.25, -0.2) is 9.79 Å². The third-order valence-electron chi connectivity index (χ3n) is 3.18. The molecule has 6 nitrogen and oxygen atoms in total. The fourth-order valence-corrected chi connectivity index (χ4v) is 2.35. The number of carbonyl (C=O) groups excluding carboxylic acids is 1. The summed E-state index contributed by atoms with van der Waals surface area (Å²) in [7, 11) is 0. The van der Waals surface area contributed by atoms with Crippen molar-refractivity contribution in [3.05, 3.63) is 79.4 Å². The molecule has 0 unspecified atom stereocenters. The van der Waals surface area contributed by atoms with Gasteiger partial charge in [-0.15, -0.1) is 0 Å². The van der Waals surface area contributed by atoms with Crippen LogP contribution in [0.15, 0.2) is 53.2 Å². The number of cyclic esters (lactones) is 1. The van der Waals surface area contributed by atoms with Gasteiger partial charge in [0.05, 0.1) is 4.92 Å². The number of carbonyl (C=O) groups is 1. The lowest BCUT2D eigenvalue weighted by Gasteiger charge is -2.00. The lowest BCUT2D eigenvalue weighted by Crippen LogP contribution is -2.06. The van der Waals surface area contributed by atoms with Crippen LogP contribution in [0.2, 0.25) is 10.0 Å². The number of halogens is 2. The van der Waals surface area contributed by atoms with E-state index in [9.17, 15) is 14.9 Å². The number of aliphatic imine (C=N–C) groups is 1. The summed E-state index contributed by atoms with van der Waals surface area (Å²) in [6.45, 7) is 0. The molecule has 2 aromatic carbocycles. The molecule has 0 fully saturated rings. The van der Waals surface area contributed by atoms with E-state index in [1.54, 1.807) is 24.3 Å². The smallest absolute Gasteiger partial charge is 0.363 e. The largest absolute Gasteiger partial charge is 0.402 e. The van der Waals surface area contributed by atoms with E-state index < -0.39 is 10.9 Å². The topological polar surface area (TPSA) is 81.8 Å². The highest BCUT2D eigenvalue weighted by Crippen LogP contribution is 2.27. The van der Waals surface area contributed by atoms with Crippen molar-refractivity contribution in [2.24, 2.45) is 4.99 Å². The molecule has 1 aliphatic rings. The van der Waals surface area contributed by atoms with Crippen molar-refractivity contribution in [1.82, 2.24) is 0 Å². The predicted molar refractivity (Wildman–Crippen MR) is 90.2 cm³/mol. The van der Waals surface area contributed by atoms with E-state index in [2.05, 4.69) is 4.99 Å². The third kappa shape index (κ3) is 3.29. The Kier molecular flexibility index (Phi) is 4.33. The molecule has 0 bridgehead atoms. The number of hydrogen-bond acceptors (Lipinski definition) is 5. The van der Waals surface area contributed by atoms with E-state index in [4.69, 9.17) is 27.9 Å². The average molecular weight is 363 g/mol. The van der Waals surface area contributed by atoms with Crippen LogP contribution in [0.1, 0.15) is 11.1 Å². The molecule has 0 saturated carbocycles. The molecule has 24 heavy (non-hydrogen) atoms. The van der Waals surface area contributed by atoms with Gasteiger partial charge in [-0.05, 0) is 35.9 Å². The number of nitro groups is 1. The predicted octanol–water partition coefficient (Wildman–Crippen LogP) is 4.25. The summed E-state index contributed by atoms with van der Waals surface area (Å²) < 4.78 is 5.08. The fraction of sp³-hybridized carbons (Fsp3) is 0. The number of benzene rings is 2. The number of nitrogens with zero attached hydrogens (tertiary/aromatic N) is 2. The van der Waals surface area contributed by atoms with Gasteiger partial charge in [0.25, 0.3) is 5.69 Å². The van der Waals surface area contributed by atoms with E-state index in [1.807, 2.05) is 0 Å². The highest BCUT2D eigenvalue weighted by Gasteiger charge is 2.26. The number of ether oxygens (including phenoxy) is 1. The SMILES string of the molecule is O=C1OC(c2ccc(Cl)c([N+](=O)[O-])c2)=N/C1=C/c1ccc(Cl)cc1. The maximum atomic E-state index is 11.9. The maximum Gasteiger partial charge on any atom is 0.363 e. The van der Waals surface area contributed by atoms with Crippen molar-refractivity contribution >= 4 is 46.8 Å². The highest BCUT2D eigenvalue weighted by molar-refractivity contribution is 6.32. The number of esters is 1. The van der Waals surface area contributed by atoms with Crippen molar-refractivity contribution < 1.29 is 14.5 Å². The van der Waals surface area contributed by atoms with Crippen LogP contribution in [0.25, 0.3) is 6.08 Å². The second kappa shape index (κ2) is 6.43. The van der Waals surface area contributed by atoms with Crippen LogP contribution < -0.4 is 0 Å². The zero-order valence-electron chi connectivity index (χ0n) is 11.9. The van der Waals surface area contributed by atoms with Crippen molar-refractivity contribution in [1.29, 1.82) is 0 Å². The molecule has 0 N–H and O–H groups in total. The average Bonchev–Trinajstić information content (AvgIpc) is 2.90. The Labute approximate surface area is 146 Å². The Morgan fingerprint density at radius 2 is 1.83 bits per heavy atom. The van der Waals surface area contributed by atoms with E-state index in [0.29, 0.717) is 10.6 Å². The summed E-state index contributed by atoms with van der Waals surface area (Å²) in [4.78, 5) is 26.3. The quantitative estimate of drug-likeness (QED) is 0.353. The van der Waals surface area contributed by atoms with Crippen LogP contribution in [0.4, 0.5) is 5.69 Å². The van der Waals surface area contributed by atoms with Crippen LogP contribution >= 0.6 is 23.2 Å². The molecule has 0 saturated heterocycles. The molecular weight excluding hydrogens is 355 g/mol. The van der Waals surface area contributed by atoms with Crippen LogP contribution in [-0.2, 0) is 9.53 Å². The first-order chi connectivity index (χ1) is 11.4. The second-order valence-electron chi connectivity index (χ2n) is 4.81. The molecule has 2 aromatic rings. The molecule has 1 aliphatic heterocycles. The number of hydrogen-bond donors (Lipinski definition) is 0. The van der Waals surface area contributed by atoms with Gasteiger partial charge < -0.3 is 4.74 Å². The lowest BCUT2D eigenvalue weighted by atomic mass is 10.2. The third-order valence-corrected chi connectivity index (χ3v) is 3.76. The second-order valence-corrected chi connectivity index (χ2v) is 5.65. The number of rotatable bonds is 3. The van der Waals surface area contributed by atoms with Crippen molar-refractivity contribution in [3.63, 3.8) is 0 Å². The summed E-state index contributed by atoms with van der Waals surface area (Å²) in [5.74, 6) is -0.655. The maximum absolute atomic E-state index is 11.9. The van der Waals surface area contributed by atoms with E-state index in [1.165, 1.54) is 24.3 Å². The molecule has 0 aromatic heterocycles. The summed E-state index contributed by atoms with van der Waals surface area (Å²) >= 11 is 11.6. The summed E-state index contributed by atoms with van der Waals surface area (Å²) in [5.41, 5.74) is 0.811. The first-order valence-electron chi connectivity index (χ1n) is 6.66. The molecule has 1 heterocycles. The first kappa shape index (κ1) is 16.2. The molecule has 0 atom stereocenters. The molecule has 3 rings (SSSR count). The van der Waals surface area contributed by atoms with Gasteiger partial charge in [-0.2, -0.15) is 0 Å². The Balaban J connectivity index is 1.96. The van der Waals surface area contributed by atoms with Crippen molar-refractivity contribution in [3.8, 4) is 0 Å². The van der Waals surface area contributed by atoms with Crippen molar-refractivity contribution in [2.45, 2.75) is 0 Å². The fourth-order valence-electron chi connectivity index (χ4n) is 2.04. The van der Waals surface area contributed by atoms with E-state index in [0.717, 1.165) is 5.56 Å². The minimum atomic E-state index is -0.641. The van der Waals surface area contributed by atoms with Gasteiger partial charge in [-0.3, -0.25) is 10.1 Å². The molecule has 8 heteroatoms. The normalized spacial score (nSPS) is 15.3. The monoisotopic (exact) mass is 362 g/mol. The van der Waals surface area contributed by atoms with Gasteiger partial charge >= 0.3 is 5.97 Å². The van der Waals surface area contributed by atoms with Gasteiger partial charge in [0.1, 0.15) is 5.02 Å². The summed E-state index contributed by atoms with van der Waals surface area (Å²) in [5, 5.41) is 11.5. The van der Waals surface area contributed by atoms with E-state index >= 15 is 0 Å². The van der Waals surface area contributed by atoms with Crippen LogP contribution in [0.5, 0.6) is 0 Å².